The minimum Gasteiger partial charge on any atom is -0.465 e. The molecule has 3 rings (SSSR count). The van der Waals surface area contributed by atoms with Crippen LogP contribution in [0.1, 0.15) is 19.1 Å². The Bertz CT molecular complexity index is 703. The lowest BCUT2D eigenvalue weighted by molar-refractivity contribution is -0.113. The highest BCUT2D eigenvalue weighted by atomic mass is 16.3. The van der Waals surface area contributed by atoms with Crippen LogP contribution in [0, 0.1) is 0 Å². The SMILES string of the molecule is CCCN=C1NC(=Cc2ccco2)C(=O)N1c1ccccc1. The second-order valence-corrected chi connectivity index (χ2v) is 4.88. The van der Waals surface area contributed by atoms with Crippen molar-refractivity contribution in [1.29, 1.82) is 0 Å². The molecule has 0 radical (unpaired) electrons. The van der Waals surface area contributed by atoms with Crippen LogP contribution in [0.4, 0.5) is 5.69 Å². The van der Waals surface area contributed by atoms with E-state index >= 15 is 0 Å². The summed E-state index contributed by atoms with van der Waals surface area (Å²) in [7, 11) is 0. The zero-order valence-electron chi connectivity index (χ0n) is 12.3. The Morgan fingerprint density at radius 3 is 2.73 bits per heavy atom. The molecular weight excluding hydrogens is 278 g/mol. The van der Waals surface area contributed by atoms with Crippen LogP contribution in [0.5, 0.6) is 0 Å². The topological polar surface area (TPSA) is 57.8 Å². The van der Waals surface area contributed by atoms with E-state index in [0.717, 1.165) is 12.1 Å². The second kappa shape index (κ2) is 6.30. The van der Waals surface area contributed by atoms with E-state index in [1.807, 2.05) is 37.3 Å². The van der Waals surface area contributed by atoms with E-state index in [2.05, 4.69) is 10.3 Å². The maximum atomic E-state index is 12.7. The van der Waals surface area contributed by atoms with Crippen molar-refractivity contribution >= 4 is 23.6 Å². The first kappa shape index (κ1) is 14.1. The van der Waals surface area contributed by atoms with Gasteiger partial charge in [-0.2, -0.15) is 0 Å². The molecule has 1 fully saturated rings. The number of carbonyl (C=O) groups excluding carboxylic acids is 1. The Morgan fingerprint density at radius 2 is 2.05 bits per heavy atom. The second-order valence-electron chi connectivity index (χ2n) is 4.88. The molecule has 1 saturated heterocycles. The highest BCUT2D eigenvalue weighted by molar-refractivity contribution is 6.29. The maximum absolute atomic E-state index is 12.7. The summed E-state index contributed by atoms with van der Waals surface area (Å²) in [6, 6.07) is 13.1. The number of nitrogens with zero attached hydrogens (tertiary/aromatic N) is 2. The molecule has 1 aromatic heterocycles. The average Bonchev–Trinajstić information content (AvgIpc) is 3.15. The van der Waals surface area contributed by atoms with Gasteiger partial charge in [0.15, 0.2) is 0 Å². The van der Waals surface area contributed by atoms with E-state index in [1.165, 1.54) is 0 Å². The van der Waals surface area contributed by atoms with Crippen molar-refractivity contribution in [3.05, 3.63) is 60.2 Å². The smallest absolute Gasteiger partial charge is 0.281 e. The van der Waals surface area contributed by atoms with Crippen molar-refractivity contribution in [1.82, 2.24) is 5.32 Å². The number of hydrogen-bond donors (Lipinski definition) is 1. The van der Waals surface area contributed by atoms with E-state index in [0.29, 0.717) is 24.0 Å². The van der Waals surface area contributed by atoms with Crippen molar-refractivity contribution in [3.63, 3.8) is 0 Å². The van der Waals surface area contributed by atoms with Gasteiger partial charge in [0.2, 0.25) is 5.96 Å². The van der Waals surface area contributed by atoms with E-state index in [-0.39, 0.29) is 5.91 Å². The van der Waals surface area contributed by atoms with Crippen LogP contribution in [-0.2, 0) is 4.79 Å². The van der Waals surface area contributed by atoms with Crippen molar-refractivity contribution < 1.29 is 9.21 Å². The summed E-state index contributed by atoms with van der Waals surface area (Å²) in [5.41, 5.74) is 1.24. The average molecular weight is 295 g/mol. The Balaban J connectivity index is 1.97. The lowest BCUT2D eigenvalue weighted by atomic mass is 10.3. The van der Waals surface area contributed by atoms with Gasteiger partial charge in [-0.3, -0.25) is 9.79 Å². The molecule has 1 aliphatic heterocycles. The third kappa shape index (κ3) is 2.79. The molecule has 1 amide bonds. The van der Waals surface area contributed by atoms with Crippen LogP contribution in [0.15, 0.2) is 63.8 Å². The summed E-state index contributed by atoms with van der Waals surface area (Å²) in [4.78, 5) is 18.7. The zero-order valence-corrected chi connectivity index (χ0v) is 12.3. The molecule has 0 aliphatic carbocycles. The van der Waals surface area contributed by atoms with E-state index in [9.17, 15) is 4.79 Å². The molecule has 0 spiro atoms. The largest absolute Gasteiger partial charge is 0.465 e. The van der Waals surface area contributed by atoms with Crippen LogP contribution in [0.3, 0.4) is 0 Å². The molecular formula is C17H17N3O2. The van der Waals surface area contributed by atoms with Gasteiger partial charge < -0.3 is 9.73 Å². The van der Waals surface area contributed by atoms with Gasteiger partial charge in [-0.15, -0.1) is 0 Å². The molecule has 2 aromatic rings. The Kier molecular flexibility index (Phi) is 4.05. The lowest BCUT2D eigenvalue weighted by Crippen LogP contribution is -2.32. The minimum atomic E-state index is -0.141. The van der Waals surface area contributed by atoms with Gasteiger partial charge in [0.25, 0.3) is 5.91 Å². The number of guanidine groups is 1. The molecule has 0 unspecified atom stereocenters. The number of furan rings is 1. The molecule has 2 heterocycles. The van der Waals surface area contributed by atoms with Gasteiger partial charge in [0.05, 0.1) is 12.0 Å². The van der Waals surface area contributed by atoms with Gasteiger partial charge in [0.1, 0.15) is 11.5 Å². The van der Waals surface area contributed by atoms with Crippen molar-refractivity contribution in [2.45, 2.75) is 13.3 Å². The molecule has 1 N–H and O–H groups in total. The highest BCUT2D eigenvalue weighted by Crippen LogP contribution is 2.22. The van der Waals surface area contributed by atoms with Crippen LogP contribution in [0.25, 0.3) is 6.08 Å². The number of carbonyl (C=O) groups is 1. The summed E-state index contributed by atoms with van der Waals surface area (Å²) in [5, 5.41) is 3.09. The number of anilines is 1. The van der Waals surface area contributed by atoms with Crippen molar-refractivity contribution in [2.75, 3.05) is 11.4 Å². The molecule has 1 aliphatic rings. The van der Waals surface area contributed by atoms with Gasteiger partial charge >= 0.3 is 0 Å². The quantitative estimate of drug-likeness (QED) is 0.882. The molecule has 22 heavy (non-hydrogen) atoms. The summed E-state index contributed by atoms with van der Waals surface area (Å²) < 4.78 is 5.27. The van der Waals surface area contributed by atoms with Crippen LogP contribution in [-0.4, -0.2) is 18.4 Å². The predicted molar refractivity (Wildman–Crippen MR) is 86.3 cm³/mol. The Labute approximate surface area is 129 Å². The van der Waals surface area contributed by atoms with Crippen molar-refractivity contribution in [2.24, 2.45) is 4.99 Å². The maximum Gasteiger partial charge on any atom is 0.281 e. The molecule has 0 atom stereocenters. The van der Waals surface area contributed by atoms with Gasteiger partial charge in [-0.05, 0) is 30.7 Å². The Hall–Kier alpha value is -2.82. The molecule has 1 aromatic carbocycles. The third-order valence-corrected chi connectivity index (χ3v) is 3.22. The van der Waals surface area contributed by atoms with Crippen LogP contribution < -0.4 is 10.2 Å². The summed E-state index contributed by atoms with van der Waals surface area (Å²) in [6.07, 6.45) is 4.18. The van der Waals surface area contributed by atoms with E-state index in [1.54, 1.807) is 29.4 Å². The fourth-order valence-corrected chi connectivity index (χ4v) is 2.20. The molecule has 5 nitrogen and oxygen atoms in total. The fourth-order valence-electron chi connectivity index (χ4n) is 2.20. The lowest BCUT2D eigenvalue weighted by Gasteiger charge is -2.14. The minimum absolute atomic E-state index is 0.141. The first-order chi connectivity index (χ1) is 10.8. The number of hydrogen-bond acceptors (Lipinski definition) is 3. The van der Waals surface area contributed by atoms with E-state index < -0.39 is 0 Å². The summed E-state index contributed by atoms with van der Waals surface area (Å²) >= 11 is 0. The molecule has 0 bridgehead atoms. The number of nitrogens with one attached hydrogen (secondary N) is 1. The fraction of sp³-hybridized carbons (Fsp3) is 0.176. The predicted octanol–water partition coefficient (Wildman–Crippen LogP) is 3.02. The highest BCUT2D eigenvalue weighted by Gasteiger charge is 2.33. The number of benzene rings is 1. The number of aliphatic imine (C=N–C) groups is 1. The Morgan fingerprint density at radius 1 is 1.23 bits per heavy atom. The normalized spacial score (nSPS) is 18.2. The molecule has 0 saturated carbocycles. The summed E-state index contributed by atoms with van der Waals surface area (Å²) in [6.45, 7) is 2.71. The number of para-hydroxylation sites is 1. The van der Waals surface area contributed by atoms with Crippen LogP contribution in [0.2, 0.25) is 0 Å². The van der Waals surface area contributed by atoms with Gasteiger partial charge in [-0.25, -0.2) is 4.90 Å². The molecule has 5 heteroatoms. The first-order valence-electron chi connectivity index (χ1n) is 7.26. The van der Waals surface area contributed by atoms with E-state index in [4.69, 9.17) is 4.42 Å². The number of rotatable bonds is 4. The monoisotopic (exact) mass is 295 g/mol. The van der Waals surface area contributed by atoms with Gasteiger partial charge in [-0.1, -0.05) is 25.1 Å². The molecule has 112 valence electrons. The van der Waals surface area contributed by atoms with Gasteiger partial charge in [0, 0.05) is 12.6 Å². The van der Waals surface area contributed by atoms with Crippen molar-refractivity contribution in [3.8, 4) is 0 Å². The van der Waals surface area contributed by atoms with Crippen LogP contribution >= 0.6 is 0 Å². The first-order valence-corrected chi connectivity index (χ1v) is 7.26. The number of amides is 1. The zero-order chi connectivity index (χ0) is 15.4. The third-order valence-electron chi connectivity index (χ3n) is 3.22. The summed E-state index contributed by atoms with van der Waals surface area (Å²) in [5.74, 6) is 1.04. The standard InChI is InChI=1S/C17H17N3O2/c1-2-10-18-17-19-15(12-14-9-6-11-22-14)16(21)20(17)13-7-4-3-5-8-13/h3-9,11-12H,2,10H2,1H3,(H,18,19).